The van der Waals surface area contributed by atoms with Crippen molar-refractivity contribution in [3.63, 3.8) is 0 Å². The Kier molecular flexibility index (Phi) is 4.07. The molecule has 21 heavy (non-hydrogen) atoms. The van der Waals surface area contributed by atoms with E-state index in [4.69, 9.17) is 1.37 Å². The fourth-order valence-corrected chi connectivity index (χ4v) is 2.76. The van der Waals surface area contributed by atoms with E-state index < -0.39 is 0 Å². The van der Waals surface area contributed by atoms with Crippen LogP contribution in [-0.2, 0) is 0 Å². The Morgan fingerprint density at radius 2 is 2.00 bits per heavy atom. The summed E-state index contributed by atoms with van der Waals surface area (Å²) in [6.07, 6.45) is 6.58. The minimum absolute atomic E-state index is 0.504. The van der Waals surface area contributed by atoms with Crippen molar-refractivity contribution in [2.45, 2.75) is 19.8 Å². The number of aromatic nitrogens is 1. The highest BCUT2D eigenvalue weighted by Crippen LogP contribution is 2.22. The van der Waals surface area contributed by atoms with Crippen molar-refractivity contribution in [2.75, 3.05) is 19.6 Å². The number of aryl methyl sites for hydroxylation is 1. The second-order valence-electron chi connectivity index (χ2n) is 5.63. The first-order chi connectivity index (χ1) is 10.7. The lowest BCUT2D eigenvalue weighted by atomic mass is 10.0. The molecule has 2 aromatic rings. The molecule has 0 saturated carbocycles. The monoisotopic (exact) mass is 279 g/mol. The zero-order valence-corrected chi connectivity index (χ0v) is 12.5. The van der Waals surface area contributed by atoms with Gasteiger partial charge in [0.25, 0.3) is 0 Å². The summed E-state index contributed by atoms with van der Waals surface area (Å²) in [5, 5.41) is 0. The van der Waals surface area contributed by atoms with E-state index in [1.54, 1.807) is 12.3 Å². The molecule has 0 spiro atoms. The molecule has 1 saturated heterocycles. The number of benzene rings is 1. The van der Waals surface area contributed by atoms with Crippen molar-refractivity contribution in [1.82, 2.24) is 9.88 Å². The average Bonchev–Trinajstić information content (AvgIpc) is 3.03. The highest BCUT2D eigenvalue weighted by Gasteiger charge is 2.11. The van der Waals surface area contributed by atoms with Gasteiger partial charge in [-0.05, 0) is 50.6 Å². The molecule has 1 aliphatic heterocycles. The van der Waals surface area contributed by atoms with Crippen LogP contribution in [0.5, 0.6) is 0 Å². The molecule has 2 heteroatoms. The van der Waals surface area contributed by atoms with Crippen molar-refractivity contribution in [3.8, 4) is 0 Å². The number of likely N-dealkylation sites (tertiary alicyclic amines) is 1. The van der Waals surface area contributed by atoms with E-state index in [1.165, 1.54) is 37.1 Å². The number of pyridine rings is 1. The van der Waals surface area contributed by atoms with Gasteiger partial charge in [-0.2, -0.15) is 0 Å². The SMILES string of the molecule is [2H]c1ccnc(/C(=C/CN2CCCC2)c2ccc(C)cc2)c1. The van der Waals surface area contributed by atoms with E-state index >= 15 is 0 Å². The first-order valence-electron chi connectivity index (χ1n) is 8.15. The largest absolute Gasteiger partial charge is 0.300 e. The fourth-order valence-electron chi connectivity index (χ4n) is 2.76. The molecular weight excluding hydrogens is 256 g/mol. The van der Waals surface area contributed by atoms with Crippen LogP contribution in [0, 0.1) is 6.92 Å². The van der Waals surface area contributed by atoms with Gasteiger partial charge in [-0.25, -0.2) is 0 Å². The van der Waals surface area contributed by atoms with Crippen molar-refractivity contribution >= 4 is 5.57 Å². The van der Waals surface area contributed by atoms with Gasteiger partial charge in [0.1, 0.15) is 0 Å². The third-order valence-electron chi connectivity index (χ3n) is 4.00. The Balaban J connectivity index is 1.93. The van der Waals surface area contributed by atoms with Crippen LogP contribution < -0.4 is 0 Å². The van der Waals surface area contributed by atoms with E-state index in [9.17, 15) is 0 Å². The Labute approximate surface area is 128 Å². The van der Waals surface area contributed by atoms with Gasteiger partial charge in [-0.3, -0.25) is 9.88 Å². The standard InChI is InChI=1S/C19H22N2/c1-16-7-9-17(10-8-16)18(19-6-2-3-12-20-19)11-15-21-13-4-5-14-21/h2-3,6-12H,4-5,13-15H2,1H3/b18-11+/i2D. The lowest BCUT2D eigenvalue weighted by molar-refractivity contribution is 0.377. The van der Waals surface area contributed by atoms with E-state index in [-0.39, 0.29) is 0 Å². The van der Waals surface area contributed by atoms with Gasteiger partial charge in [0.2, 0.25) is 0 Å². The summed E-state index contributed by atoms with van der Waals surface area (Å²) in [7, 11) is 0. The predicted molar refractivity (Wildman–Crippen MR) is 88.2 cm³/mol. The van der Waals surface area contributed by atoms with E-state index in [1.807, 2.05) is 6.07 Å². The molecule has 2 nitrogen and oxygen atoms in total. The Hall–Kier alpha value is -1.93. The van der Waals surface area contributed by atoms with Gasteiger partial charge >= 0.3 is 0 Å². The Morgan fingerprint density at radius 3 is 2.71 bits per heavy atom. The molecule has 108 valence electrons. The van der Waals surface area contributed by atoms with Crippen LogP contribution in [0.1, 0.15) is 31.0 Å². The zero-order chi connectivity index (χ0) is 15.4. The predicted octanol–water partition coefficient (Wildman–Crippen LogP) is 3.92. The number of nitrogens with zero attached hydrogens (tertiary/aromatic N) is 2. The zero-order valence-electron chi connectivity index (χ0n) is 13.5. The maximum absolute atomic E-state index is 7.85. The lowest BCUT2D eigenvalue weighted by Gasteiger charge is -2.14. The van der Waals surface area contributed by atoms with Crippen LogP contribution in [0.4, 0.5) is 0 Å². The number of rotatable bonds is 4. The van der Waals surface area contributed by atoms with Gasteiger partial charge < -0.3 is 0 Å². The van der Waals surface area contributed by atoms with Crippen LogP contribution in [-0.4, -0.2) is 29.5 Å². The molecule has 0 bridgehead atoms. The fraction of sp³-hybridized carbons (Fsp3) is 0.316. The average molecular weight is 279 g/mol. The van der Waals surface area contributed by atoms with Crippen molar-refractivity contribution < 1.29 is 1.37 Å². The summed E-state index contributed by atoms with van der Waals surface area (Å²) in [5.41, 5.74) is 4.43. The topological polar surface area (TPSA) is 16.1 Å². The van der Waals surface area contributed by atoms with Crippen LogP contribution in [0.3, 0.4) is 0 Å². The third-order valence-corrected chi connectivity index (χ3v) is 4.00. The number of hydrogen-bond acceptors (Lipinski definition) is 2. The molecule has 0 amide bonds. The molecule has 1 aromatic carbocycles. The van der Waals surface area contributed by atoms with Gasteiger partial charge in [0.05, 0.1) is 7.06 Å². The molecule has 0 atom stereocenters. The molecule has 0 N–H and O–H groups in total. The number of hydrogen-bond donors (Lipinski definition) is 0. The summed E-state index contributed by atoms with van der Waals surface area (Å²) in [6.45, 7) is 5.42. The van der Waals surface area contributed by atoms with Crippen LogP contribution >= 0.6 is 0 Å². The molecule has 3 rings (SSSR count). The van der Waals surface area contributed by atoms with Crippen LogP contribution in [0.15, 0.2) is 54.7 Å². The minimum Gasteiger partial charge on any atom is -0.300 e. The molecule has 2 heterocycles. The summed E-state index contributed by atoms with van der Waals surface area (Å²) < 4.78 is 7.85. The van der Waals surface area contributed by atoms with Crippen molar-refractivity contribution in [1.29, 1.82) is 0 Å². The molecular formula is C19H22N2. The molecule has 1 aromatic heterocycles. The van der Waals surface area contributed by atoms with Gasteiger partial charge in [0.15, 0.2) is 0 Å². The van der Waals surface area contributed by atoms with Gasteiger partial charge in [0, 0.05) is 18.3 Å². The Morgan fingerprint density at radius 1 is 1.24 bits per heavy atom. The van der Waals surface area contributed by atoms with Gasteiger partial charge in [-0.15, -0.1) is 0 Å². The first-order valence-corrected chi connectivity index (χ1v) is 7.65. The van der Waals surface area contributed by atoms with Crippen LogP contribution in [0.25, 0.3) is 5.57 Å². The molecule has 1 aliphatic rings. The first kappa shape index (κ1) is 12.8. The molecule has 0 unspecified atom stereocenters. The minimum atomic E-state index is 0.504. The van der Waals surface area contributed by atoms with E-state index in [0.29, 0.717) is 6.04 Å². The highest BCUT2D eigenvalue weighted by molar-refractivity contribution is 5.78. The van der Waals surface area contributed by atoms with Crippen LogP contribution in [0.2, 0.25) is 0 Å². The van der Waals surface area contributed by atoms with E-state index in [2.05, 4.69) is 47.1 Å². The second-order valence-corrected chi connectivity index (χ2v) is 5.63. The lowest BCUT2D eigenvalue weighted by Crippen LogP contribution is -2.19. The third kappa shape index (κ3) is 3.59. The quantitative estimate of drug-likeness (QED) is 0.843. The maximum atomic E-state index is 7.85. The summed E-state index contributed by atoms with van der Waals surface area (Å²) >= 11 is 0. The highest BCUT2D eigenvalue weighted by atomic mass is 15.1. The summed E-state index contributed by atoms with van der Waals surface area (Å²) in [4.78, 5) is 6.95. The Bertz CT molecular complexity index is 655. The summed E-state index contributed by atoms with van der Waals surface area (Å²) in [5.74, 6) is 0. The van der Waals surface area contributed by atoms with Crippen molar-refractivity contribution in [3.05, 3.63) is 71.5 Å². The normalized spacial score (nSPS) is 17.0. The second kappa shape index (κ2) is 6.68. The van der Waals surface area contributed by atoms with Crippen molar-refractivity contribution in [2.24, 2.45) is 0 Å². The maximum Gasteiger partial charge on any atom is 0.0705 e. The molecule has 0 aliphatic carbocycles. The molecule has 0 radical (unpaired) electrons. The van der Waals surface area contributed by atoms with E-state index in [0.717, 1.165) is 17.8 Å². The smallest absolute Gasteiger partial charge is 0.0705 e. The van der Waals surface area contributed by atoms with Gasteiger partial charge in [-0.1, -0.05) is 41.9 Å². The summed E-state index contributed by atoms with van der Waals surface area (Å²) in [6, 6.07) is 12.6. The molecule has 1 fully saturated rings.